The highest BCUT2D eigenvalue weighted by Crippen LogP contribution is 2.36. The summed E-state index contributed by atoms with van der Waals surface area (Å²) in [6.07, 6.45) is 2.51. The van der Waals surface area contributed by atoms with Gasteiger partial charge in [-0.05, 0) is 31.2 Å². The molecule has 0 radical (unpaired) electrons. The van der Waals surface area contributed by atoms with E-state index in [1.807, 2.05) is 0 Å². The summed E-state index contributed by atoms with van der Waals surface area (Å²) in [7, 11) is 0. The summed E-state index contributed by atoms with van der Waals surface area (Å²) in [4.78, 5) is 4.47. The molecule has 1 aliphatic rings. The molecule has 2 aromatic rings. The molecule has 18 heavy (non-hydrogen) atoms. The van der Waals surface area contributed by atoms with E-state index >= 15 is 0 Å². The van der Waals surface area contributed by atoms with E-state index in [2.05, 4.69) is 52.9 Å². The van der Waals surface area contributed by atoms with Gasteiger partial charge < -0.3 is 5.32 Å². The monoisotopic (exact) mass is 258 g/mol. The number of nitrogens with one attached hydrogen (secondary N) is 1. The van der Waals surface area contributed by atoms with Crippen molar-refractivity contribution in [3.8, 4) is 0 Å². The molecule has 1 aliphatic carbocycles. The molecule has 1 saturated carbocycles. The van der Waals surface area contributed by atoms with Crippen LogP contribution in [-0.2, 0) is 6.54 Å². The largest absolute Gasteiger partial charge is 0.308 e. The summed E-state index contributed by atoms with van der Waals surface area (Å²) in [6.45, 7) is 2.97. The van der Waals surface area contributed by atoms with Crippen LogP contribution in [0.25, 0.3) is 0 Å². The second kappa shape index (κ2) is 5.21. The van der Waals surface area contributed by atoms with Gasteiger partial charge in [-0.15, -0.1) is 11.3 Å². The third kappa shape index (κ3) is 2.62. The minimum absolute atomic E-state index is 0.664. The average molecular weight is 258 g/mol. The van der Waals surface area contributed by atoms with Crippen LogP contribution in [0, 0.1) is 6.92 Å². The molecule has 94 valence electrons. The Morgan fingerprint density at radius 3 is 2.72 bits per heavy atom. The van der Waals surface area contributed by atoms with Crippen molar-refractivity contribution in [2.75, 3.05) is 0 Å². The number of benzene rings is 1. The first-order valence-corrected chi connectivity index (χ1v) is 7.38. The normalized spacial score (nSPS) is 22.7. The molecule has 1 N–H and O–H groups in total. The van der Waals surface area contributed by atoms with Crippen LogP contribution < -0.4 is 5.32 Å². The lowest BCUT2D eigenvalue weighted by atomic mass is 9.76. The quantitative estimate of drug-likeness (QED) is 0.908. The number of aryl methyl sites for hydroxylation is 1. The molecular formula is C15H18N2S. The minimum Gasteiger partial charge on any atom is -0.308 e. The lowest BCUT2D eigenvalue weighted by Gasteiger charge is -2.36. The fourth-order valence-electron chi connectivity index (χ4n) is 2.52. The summed E-state index contributed by atoms with van der Waals surface area (Å²) >= 11 is 1.73. The van der Waals surface area contributed by atoms with E-state index in [-0.39, 0.29) is 0 Å². The standard InChI is InChI=1S/C15H18N2S/c1-11-17-15(10-18-11)9-16-14-7-13(8-14)12-5-3-2-4-6-12/h2-6,10,13-14,16H,7-9H2,1H3. The highest BCUT2D eigenvalue weighted by Gasteiger charge is 2.29. The first-order chi connectivity index (χ1) is 8.81. The van der Waals surface area contributed by atoms with Gasteiger partial charge >= 0.3 is 0 Å². The van der Waals surface area contributed by atoms with Gasteiger partial charge in [-0.2, -0.15) is 0 Å². The highest BCUT2D eigenvalue weighted by atomic mass is 32.1. The predicted molar refractivity (Wildman–Crippen MR) is 75.9 cm³/mol. The second-order valence-electron chi connectivity index (χ2n) is 5.01. The van der Waals surface area contributed by atoms with Crippen molar-refractivity contribution in [3.05, 3.63) is 52.0 Å². The van der Waals surface area contributed by atoms with Crippen molar-refractivity contribution in [2.24, 2.45) is 0 Å². The van der Waals surface area contributed by atoms with Gasteiger partial charge in [-0.25, -0.2) is 4.98 Å². The molecule has 0 saturated heterocycles. The molecule has 0 amide bonds. The van der Waals surface area contributed by atoms with E-state index in [0.29, 0.717) is 6.04 Å². The van der Waals surface area contributed by atoms with Crippen LogP contribution in [0.15, 0.2) is 35.7 Å². The molecule has 0 bridgehead atoms. The first kappa shape index (κ1) is 11.9. The molecule has 1 aromatic carbocycles. The molecule has 3 heteroatoms. The van der Waals surface area contributed by atoms with Gasteiger partial charge in [0.2, 0.25) is 0 Å². The molecule has 0 spiro atoms. The number of rotatable bonds is 4. The molecule has 0 unspecified atom stereocenters. The lowest BCUT2D eigenvalue weighted by molar-refractivity contribution is 0.289. The zero-order chi connectivity index (χ0) is 12.4. The summed E-state index contributed by atoms with van der Waals surface area (Å²) in [5.41, 5.74) is 2.67. The van der Waals surface area contributed by atoms with Crippen molar-refractivity contribution in [3.63, 3.8) is 0 Å². The lowest BCUT2D eigenvalue weighted by Crippen LogP contribution is -2.39. The van der Waals surface area contributed by atoms with Crippen molar-refractivity contribution in [2.45, 2.75) is 38.3 Å². The fraction of sp³-hybridized carbons (Fsp3) is 0.400. The van der Waals surface area contributed by atoms with Gasteiger partial charge in [0.25, 0.3) is 0 Å². The Morgan fingerprint density at radius 1 is 1.28 bits per heavy atom. The number of aromatic nitrogens is 1. The molecule has 3 rings (SSSR count). The number of thiazole rings is 1. The second-order valence-corrected chi connectivity index (χ2v) is 6.08. The van der Waals surface area contributed by atoms with E-state index in [1.54, 1.807) is 11.3 Å². The molecular weight excluding hydrogens is 240 g/mol. The topological polar surface area (TPSA) is 24.9 Å². The van der Waals surface area contributed by atoms with Gasteiger partial charge in [0, 0.05) is 18.0 Å². The minimum atomic E-state index is 0.664. The third-order valence-corrected chi connectivity index (χ3v) is 4.47. The highest BCUT2D eigenvalue weighted by molar-refractivity contribution is 7.09. The summed E-state index contributed by atoms with van der Waals surface area (Å²) in [6, 6.07) is 11.5. The van der Waals surface area contributed by atoms with E-state index in [4.69, 9.17) is 0 Å². The predicted octanol–water partition coefficient (Wildman–Crippen LogP) is 3.49. The summed E-state index contributed by atoms with van der Waals surface area (Å²) < 4.78 is 0. The summed E-state index contributed by atoms with van der Waals surface area (Å²) in [5, 5.41) is 6.90. The Balaban J connectivity index is 1.46. The maximum Gasteiger partial charge on any atom is 0.0897 e. The van der Waals surface area contributed by atoms with Crippen LogP contribution in [0.1, 0.15) is 35.0 Å². The third-order valence-electron chi connectivity index (χ3n) is 3.65. The smallest absolute Gasteiger partial charge is 0.0897 e. The Kier molecular flexibility index (Phi) is 3.43. The van der Waals surface area contributed by atoms with Gasteiger partial charge in [-0.3, -0.25) is 0 Å². The molecule has 1 aromatic heterocycles. The average Bonchev–Trinajstić information content (AvgIpc) is 2.74. The van der Waals surface area contributed by atoms with Crippen molar-refractivity contribution < 1.29 is 0 Å². The summed E-state index contributed by atoms with van der Waals surface area (Å²) in [5.74, 6) is 0.751. The van der Waals surface area contributed by atoms with Crippen molar-refractivity contribution in [1.82, 2.24) is 10.3 Å². The van der Waals surface area contributed by atoms with Crippen molar-refractivity contribution >= 4 is 11.3 Å². The Labute approximate surface area is 112 Å². The van der Waals surface area contributed by atoms with Crippen LogP contribution in [0.5, 0.6) is 0 Å². The molecule has 2 nitrogen and oxygen atoms in total. The maximum absolute atomic E-state index is 4.47. The van der Waals surface area contributed by atoms with Gasteiger partial charge in [0.1, 0.15) is 0 Å². The van der Waals surface area contributed by atoms with Crippen LogP contribution in [0.2, 0.25) is 0 Å². The van der Waals surface area contributed by atoms with Crippen LogP contribution in [-0.4, -0.2) is 11.0 Å². The fourth-order valence-corrected chi connectivity index (χ4v) is 3.13. The zero-order valence-corrected chi connectivity index (χ0v) is 11.4. The van der Waals surface area contributed by atoms with Gasteiger partial charge in [-0.1, -0.05) is 30.3 Å². The number of hydrogen-bond donors (Lipinski definition) is 1. The van der Waals surface area contributed by atoms with E-state index in [9.17, 15) is 0 Å². The van der Waals surface area contributed by atoms with E-state index in [1.165, 1.54) is 24.1 Å². The maximum atomic E-state index is 4.47. The van der Waals surface area contributed by atoms with Gasteiger partial charge in [0.15, 0.2) is 0 Å². The molecule has 1 heterocycles. The number of hydrogen-bond acceptors (Lipinski definition) is 3. The SMILES string of the molecule is Cc1nc(CNC2CC(c3ccccc3)C2)cs1. The molecule has 0 aliphatic heterocycles. The van der Waals surface area contributed by atoms with Crippen molar-refractivity contribution in [1.29, 1.82) is 0 Å². The Morgan fingerprint density at radius 2 is 2.06 bits per heavy atom. The zero-order valence-electron chi connectivity index (χ0n) is 10.6. The van der Waals surface area contributed by atoms with E-state index in [0.717, 1.165) is 17.5 Å². The van der Waals surface area contributed by atoms with E-state index < -0.39 is 0 Å². The number of nitrogens with zero attached hydrogens (tertiary/aromatic N) is 1. The van der Waals surface area contributed by atoms with Crippen LogP contribution >= 0.6 is 11.3 Å². The molecule has 0 atom stereocenters. The Bertz CT molecular complexity index is 500. The molecule has 1 fully saturated rings. The Hall–Kier alpha value is -1.19. The van der Waals surface area contributed by atoms with Crippen LogP contribution in [0.3, 0.4) is 0 Å². The van der Waals surface area contributed by atoms with Gasteiger partial charge in [0.05, 0.1) is 10.7 Å². The first-order valence-electron chi connectivity index (χ1n) is 6.50. The van der Waals surface area contributed by atoms with Crippen LogP contribution in [0.4, 0.5) is 0 Å².